The molecular formula is C20H32N2. The molecule has 0 N–H and O–H groups in total. The van der Waals surface area contributed by atoms with E-state index < -0.39 is 0 Å². The van der Waals surface area contributed by atoms with E-state index in [2.05, 4.69) is 69.6 Å². The molecule has 1 atom stereocenters. The summed E-state index contributed by atoms with van der Waals surface area (Å²) < 4.78 is 0. The van der Waals surface area contributed by atoms with E-state index in [0.717, 1.165) is 25.3 Å². The highest BCUT2D eigenvalue weighted by atomic mass is 15.5. The summed E-state index contributed by atoms with van der Waals surface area (Å²) in [6.45, 7) is 13.7. The van der Waals surface area contributed by atoms with E-state index in [1.165, 1.54) is 36.2 Å². The lowest BCUT2D eigenvalue weighted by molar-refractivity contribution is 0.473. The Morgan fingerprint density at radius 1 is 1.18 bits per heavy atom. The topological polar surface area (TPSA) is 15.6 Å². The van der Waals surface area contributed by atoms with Gasteiger partial charge in [0.15, 0.2) is 0 Å². The molecule has 0 aliphatic heterocycles. The quantitative estimate of drug-likeness (QED) is 0.292. The van der Waals surface area contributed by atoms with Crippen LogP contribution < -0.4 is 5.01 Å². The Morgan fingerprint density at radius 2 is 1.86 bits per heavy atom. The molecule has 122 valence electrons. The average molecular weight is 300 g/mol. The second-order valence-electron chi connectivity index (χ2n) is 6.39. The van der Waals surface area contributed by atoms with E-state index in [1.807, 2.05) is 0 Å². The Balaban J connectivity index is 2.56. The number of nitrogens with zero attached hydrogens (tertiary/aromatic N) is 2. The molecule has 0 amide bonds. The smallest absolute Gasteiger partial charge is 0.0593 e. The molecule has 0 fully saturated rings. The zero-order valence-corrected chi connectivity index (χ0v) is 14.8. The normalized spacial score (nSPS) is 13.0. The maximum absolute atomic E-state index is 4.78. The number of hydrogen-bond donors (Lipinski definition) is 0. The first-order valence-electron chi connectivity index (χ1n) is 8.54. The van der Waals surface area contributed by atoms with Crippen molar-refractivity contribution in [3.05, 3.63) is 42.5 Å². The molecule has 0 aliphatic rings. The molecule has 0 saturated heterocycles. The summed E-state index contributed by atoms with van der Waals surface area (Å²) in [6.07, 6.45) is 5.84. The van der Waals surface area contributed by atoms with Crippen LogP contribution in [0.25, 0.3) is 0 Å². The molecule has 0 radical (unpaired) electrons. The molecule has 1 rings (SSSR count). The summed E-state index contributed by atoms with van der Waals surface area (Å²) in [4.78, 5) is 0. The number of para-hydroxylation sites is 1. The molecule has 0 aromatic heterocycles. The highest BCUT2D eigenvalue weighted by molar-refractivity contribution is 5.82. The molecule has 0 aliphatic carbocycles. The van der Waals surface area contributed by atoms with Gasteiger partial charge in [0.25, 0.3) is 0 Å². The molecular weight excluding hydrogens is 268 g/mol. The Hall–Kier alpha value is -1.57. The summed E-state index contributed by atoms with van der Waals surface area (Å²) >= 11 is 0. The lowest BCUT2D eigenvalue weighted by atomic mass is 9.99. The summed E-state index contributed by atoms with van der Waals surface area (Å²) in [5.41, 5.74) is 3.66. The molecule has 0 bridgehead atoms. The molecule has 2 heteroatoms. The second kappa shape index (κ2) is 10.2. The van der Waals surface area contributed by atoms with Crippen molar-refractivity contribution in [1.29, 1.82) is 0 Å². The van der Waals surface area contributed by atoms with Crippen LogP contribution in [0.2, 0.25) is 0 Å². The second-order valence-corrected chi connectivity index (χ2v) is 6.39. The van der Waals surface area contributed by atoms with Crippen molar-refractivity contribution in [3.63, 3.8) is 0 Å². The largest absolute Gasteiger partial charge is 0.266 e. The van der Waals surface area contributed by atoms with Crippen molar-refractivity contribution < 1.29 is 0 Å². The van der Waals surface area contributed by atoms with Crippen LogP contribution in [0.15, 0.2) is 47.6 Å². The summed E-state index contributed by atoms with van der Waals surface area (Å²) in [7, 11) is 0. The van der Waals surface area contributed by atoms with Crippen LogP contribution in [-0.4, -0.2) is 12.3 Å². The van der Waals surface area contributed by atoms with E-state index in [4.69, 9.17) is 5.10 Å². The molecule has 2 nitrogen and oxygen atoms in total. The summed E-state index contributed by atoms with van der Waals surface area (Å²) in [5.74, 6) is 0.725. The minimum absolute atomic E-state index is 0.725. The van der Waals surface area contributed by atoms with Crippen LogP contribution in [0.5, 0.6) is 0 Å². The third kappa shape index (κ3) is 7.44. The van der Waals surface area contributed by atoms with Gasteiger partial charge in [-0.05, 0) is 57.6 Å². The third-order valence-corrected chi connectivity index (χ3v) is 3.99. The van der Waals surface area contributed by atoms with Gasteiger partial charge in [-0.25, -0.2) is 0 Å². The number of anilines is 1. The van der Waals surface area contributed by atoms with E-state index in [-0.39, 0.29) is 0 Å². The summed E-state index contributed by atoms with van der Waals surface area (Å²) in [6, 6.07) is 10.5. The zero-order valence-electron chi connectivity index (χ0n) is 14.8. The fourth-order valence-electron chi connectivity index (χ4n) is 2.35. The highest BCUT2D eigenvalue weighted by Crippen LogP contribution is 2.19. The van der Waals surface area contributed by atoms with Crippen molar-refractivity contribution in [2.75, 3.05) is 11.6 Å². The molecule has 0 heterocycles. The van der Waals surface area contributed by atoms with Crippen LogP contribution in [-0.2, 0) is 0 Å². The SMILES string of the molecule is C=C(C)CCCC(C)CCN(N=C(C)CC)c1ccccc1. The number of benzene rings is 1. The van der Waals surface area contributed by atoms with Gasteiger partial charge in [0, 0.05) is 12.3 Å². The molecule has 22 heavy (non-hydrogen) atoms. The van der Waals surface area contributed by atoms with Gasteiger partial charge in [-0.15, -0.1) is 6.58 Å². The molecule has 1 aromatic rings. The van der Waals surface area contributed by atoms with Gasteiger partial charge in [0.1, 0.15) is 0 Å². The Labute approximate surface area is 136 Å². The van der Waals surface area contributed by atoms with Gasteiger partial charge in [-0.2, -0.15) is 5.10 Å². The van der Waals surface area contributed by atoms with Crippen LogP contribution in [0.1, 0.15) is 59.8 Å². The predicted molar refractivity (Wildman–Crippen MR) is 99.6 cm³/mol. The molecule has 1 aromatic carbocycles. The van der Waals surface area contributed by atoms with Gasteiger partial charge >= 0.3 is 0 Å². The fraction of sp³-hybridized carbons (Fsp3) is 0.550. The Kier molecular flexibility index (Phi) is 8.57. The minimum Gasteiger partial charge on any atom is -0.266 e. The lowest BCUT2D eigenvalue weighted by Crippen LogP contribution is -2.21. The first kappa shape index (κ1) is 18.5. The summed E-state index contributed by atoms with van der Waals surface area (Å²) in [5, 5.41) is 6.94. The standard InChI is InChI=1S/C20H32N2/c1-6-19(5)21-22(20-13-8-7-9-14-20)16-15-18(4)12-10-11-17(2)3/h7-9,13-14,18H,2,6,10-12,15-16H2,1,3-5H3. The molecule has 0 spiro atoms. The lowest BCUT2D eigenvalue weighted by Gasteiger charge is -2.22. The molecule has 0 saturated carbocycles. The van der Waals surface area contributed by atoms with Crippen molar-refractivity contribution >= 4 is 11.4 Å². The Bertz CT molecular complexity index is 462. The maximum Gasteiger partial charge on any atom is 0.0593 e. The number of hydrazone groups is 1. The first-order chi connectivity index (χ1) is 10.5. The minimum atomic E-state index is 0.725. The van der Waals surface area contributed by atoms with E-state index >= 15 is 0 Å². The van der Waals surface area contributed by atoms with Crippen LogP contribution in [0.4, 0.5) is 5.69 Å². The van der Waals surface area contributed by atoms with E-state index in [1.54, 1.807) is 0 Å². The highest BCUT2D eigenvalue weighted by Gasteiger charge is 2.09. The van der Waals surface area contributed by atoms with Gasteiger partial charge in [-0.3, -0.25) is 5.01 Å². The zero-order chi connectivity index (χ0) is 16.4. The maximum atomic E-state index is 4.78. The van der Waals surface area contributed by atoms with Crippen molar-refractivity contribution in [2.45, 2.75) is 59.8 Å². The first-order valence-corrected chi connectivity index (χ1v) is 8.54. The van der Waals surface area contributed by atoms with Crippen LogP contribution in [0, 0.1) is 5.92 Å². The molecule has 1 unspecified atom stereocenters. The van der Waals surface area contributed by atoms with Gasteiger partial charge in [-0.1, -0.05) is 44.0 Å². The Morgan fingerprint density at radius 3 is 2.45 bits per heavy atom. The van der Waals surface area contributed by atoms with Gasteiger partial charge < -0.3 is 0 Å². The van der Waals surface area contributed by atoms with Crippen LogP contribution in [0.3, 0.4) is 0 Å². The predicted octanol–water partition coefficient (Wildman–Crippen LogP) is 6.05. The van der Waals surface area contributed by atoms with Crippen LogP contribution >= 0.6 is 0 Å². The average Bonchev–Trinajstić information content (AvgIpc) is 2.51. The van der Waals surface area contributed by atoms with E-state index in [0.29, 0.717) is 0 Å². The van der Waals surface area contributed by atoms with Crippen molar-refractivity contribution in [1.82, 2.24) is 0 Å². The van der Waals surface area contributed by atoms with Crippen molar-refractivity contribution in [3.8, 4) is 0 Å². The number of rotatable bonds is 10. The monoisotopic (exact) mass is 300 g/mol. The fourth-order valence-corrected chi connectivity index (χ4v) is 2.35. The number of allylic oxidation sites excluding steroid dienone is 1. The van der Waals surface area contributed by atoms with E-state index in [9.17, 15) is 0 Å². The van der Waals surface area contributed by atoms with Crippen molar-refractivity contribution in [2.24, 2.45) is 11.0 Å². The third-order valence-electron chi connectivity index (χ3n) is 3.99. The number of hydrogen-bond acceptors (Lipinski definition) is 2. The van der Waals surface area contributed by atoms with Gasteiger partial charge in [0.05, 0.1) is 5.69 Å². The van der Waals surface area contributed by atoms with Gasteiger partial charge in [0.2, 0.25) is 0 Å².